The fourth-order valence-electron chi connectivity index (χ4n) is 2.81. The Bertz CT molecular complexity index is 995. The number of hydrogen-bond acceptors (Lipinski definition) is 3. The fourth-order valence-corrected chi connectivity index (χ4v) is 2.81. The summed E-state index contributed by atoms with van der Waals surface area (Å²) in [6.07, 6.45) is 3.59. The number of rotatable bonds is 4. The second-order valence-corrected chi connectivity index (χ2v) is 5.77. The smallest absolute Gasteiger partial charge is 0.117 e. The van der Waals surface area contributed by atoms with E-state index >= 15 is 0 Å². The molecule has 2 heterocycles. The van der Waals surface area contributed by atoms with Crippen LogP contribution in [0.4, 0.5) is 0 Å². The molecular formula is C22H17N3. The zero-order valence-electron chi connectivity index (χ0n) is 13.7. The Labute approximate surface area is 146 Å². The molecule has 0 amide bonds. The highest BCUT2D eigenvalue weighted by Gasteiger charge is 2.14. The molecule has 0 N–H and O–H groups in total. The van der Waals surface area contributed by atoms with Crippen LogP contribution in [0.3, 0.4) is 0 Å². The van der Waals surface area contributed by atoms with E-state index in [1.54, 1.807) is 6.20 Å². The van der Waals surface area contributed by atoms with Gasteiger partial charge in [0, 0.05) is 17.8 Å². The molecule has 4 aromatic rings. The number of benzene rings is 2. The van der Waals surface area contributed by atoms with Crippen LogP contribution in [0.2, 0.25) is 0 Å². The maximum Gasteiger partial charge on any atom is 0.117 e. The van der Waals surface area contributed by atoms with Gasteiger partial charge in [-0.2, -0.15) is 0 Å². The first-order valence-corrected chi connectivity index (χ1v) is 8.25. The van der Waals surface area contributed by atoms with E-state index < -0.39 is 0 Å². The molecular weight excluding hydrogens is 306 g/mol. The highest BCUT2D eigenvalue weighted by molar-refractivity contribution is 5.79. The SMILES string of the molecule is C(=NC(c1ccccc1)c1ccc2ccccc2n1)c1ccccn1. The van der Waals surface area contributed by atoms with Crippen LogP contribution >= 0.6 is 0 Å². The molecule has 2 aromatic heterocycles. The maximum absolute atomic E-state index is 4.83. The summed E-state index contributed by atoms with van der Waals surface area (Å²) in [5, 5.41) is 1.13. The van der Waals surface area contributed by atoms with E-state index in [1.165, 1.54) is 0 Å². The van der Waals surface area contributed by atoms with Gasteiger partial charge in [0.05, 0.1) is 16.9 Å². The number of para-hydroxylation sites is 1. The van der Waals surface area contributed by atoms with Gasteiger partial charge in [0.15, 0.2) is 0 Å². The van der Waals surface area contributed by atoms with Gasteiger partial charge >= 0.3 is 0 Å². The van der Waals surface area contributed by atoms with Crippen molar-refractivity contribution in [2.75, 3.05) is 0 Å². The molecule has 4 rings (SSSR count). The van der Waals surface area contributed by atoms with Gasteiger partial charge < -0.3 is 0 Å². The van der Waals surface area contributed by atoms with Crippen LogP contribution in [0.15, 0.2) is 96.1 Å². The van der Waals surface area contributed by atoms with Crippen LogP contribution in [-0.4, -0.2) is 16.2 Å². The highest BCUT2D eigenvalue weighted by atomic mass is 14.9. The van der Waals surface area contributed by atoms with Gasteiger partial charge in [0.2, 0.25) is 0 Å². The molecule has 3 nitrogen and oxygen atoms in total. The van der Waals surface area contributed by atoms with Crippen LogP contribution in [0.25, 0.3) is 10.9 Å². The molecule has 1 atom stereocenters. The summed E-state index contributed by atoms with van der Waals surface area (Å²) in [7, 11) is 0. The minimum atomic E-state index is -0.159. The Morgan fingerprint density at radius 2 is 1.56 bits per heavy atom. The third-order valence-electron chi connectivity index (χ3n) is 4.06. The zero-order valence-corrected chi connectivity index (χ0v) is 13.7. The van der Waals surface area contributed by atoms with Gasteiger partial charge in [0.1, 0.15) is 6.04 Å². The summed E-state index contributed by atoms with van der Waals surface area (Å²) in [4.78, 5) is 13.9. The van der Waals surface area contributed by atoms with Crippen molar-refractivity contribution in [2.45, 2.75) is 6.04 Å². The average molecular weight is 323 g/mol. The standard InChI is InChI=1S/C22H17N3/c1-2-9-18(10-3-1)22(24-16-19-11-6-7-15-23-19)21-14-13-17-8-4-5-12-20(17)25-21/h1-16,22H. The Hall–Kier alpha value is -3.33. The molecule has 25 heavy (non-hydrogen) atoms. The van der Waals surface area contributed by atoms with Crippen molar-refractivity contribution in [3.05, 3.63) is 108 Å². The van der Waals surface area contributed by atoms with Crippen molar-refractivity contribution in [1.29, 1.82) is 0 Å². The van der Waals surface area contributed by atoms with Gasteiger partial charge in [-0.25, -0.2) is 0 Å². The predicted octanol–water partition coefficient (Wildman–Crippen LogP) is 4.84. The Balaban J connectivity index is 1.77. The maximum atomic E-state index is 4.83. The van der Waals surface area contributed by atoms with Crippen LogP contribution in [0.5, 0.6) is 0 Å². The van der Waals surface area contributed by atoms with Crippen molar-refractivity contribution in [3.8, 4) is 0 Å². The molecule has 120 valence electrons. The minimum Gasteiger partial charge on any atom is -0.276 e. The van der Waals surface area contributed by atoms with Gasteiger partial charge in [-0.05, 0) is 29.8 Å². The van der Waals surface area contributed by atoms with Crippen molar-refractivity contribution in [3.63, 3.8) is 0 Å². The summed E-state index contributed by atoms with van der Waals surface area (Å²) in [5.74, 6) is 0. The van der Waals surface area contributed by atoms with Crippen molar-refractivity contribution >= 4 is 17.1 Å². The van der Waals surface area contributed by atoms with Gasteiger partial charge in [-0.1, -0.05) is 60.7 Å². The van der Waals surface area contributed by atoms with Crippen LogP contribution in [-0.2, 0) is 0 Å². The third kappa shape index (κ3) is 3.45. The van der Waals surface area contributed by atoms with Crippen molar-refractivity contribution in [1.82, 2.24) is 9.97 Å². The molecule has 0 aliphatic heterocycles. The lowest BCUT2D eigenvalue weighted by Gasteiger charge is -2.13. The fraction of sp³-hybridized carbons (Fsp3) is 0.0455. The summed E-state index contributed by atoms with van der Waals surface area (Å²) >= 11 is 0. The van der Waals surface area contributed by atoms with E-state index in [2.05, 4.69) is 35.3 Å². The second-order valence-electron chi connectivity index (χ2n) is 5.77. The number of fused-ring (bicyclic) bond motifs is 1. The second kappa shape index (κ2) is 7.05. The first-order valence-electron chi connectivity index (χ1n) is 8.25. The highest BCUT2D eigenvalue weighted by Crippen LogP contribution is 2.26. The van der Waals surface area contributed by atoms with Crippen LogP contribution in [0, 0.1) is 0 Å². The third-order valence-corrected chi connectivity index (χ3v) is 4.06. The molecule has 2 aromatic carbocycles. The number of aliphatic imine (C=N–C) groups is 1. The molecule has 0 fully saturated rings. The lowest BCUT2D eigenvalue weighted by atomic mass is 10.0. The Kier molecular flexibility index (Phi) is 4.29. The van der Waals surface area contributed by atoms with Gasteiger partial charge in [-0.15, -0.1) is 0 Å². The predicted molar refractivity (Wildman–Crippen MR) is 102 cm³/mol. The number of nitrogens with zero attached hydrogens (tertiary/aromatic N) is 3. The normalized spacial score (nSPS) is 12.5. The monoisotopic (exact) mass is 323 g/mol. The molecule has 0 spiro atoms. The molecule has 3 heteroatoms. The molecule has 0 aliphatic rings. The van der Waals surface area contributed by atoms with E-state index in [1.807, 2.05) is 60.8 Å². The lowest BCUT2D eigenvalue weighted by Crippen LogP contribution is -2.02. The average Bonchev–Trinajstić information content (AvgIpc) is 2.70. The quantitative estimate of drug-likeness (QED) is 0.504. The summed E-state index contributed by atoms with van der Waals surface area (Å²) < 4.78 is 0. The van der Waals surface area contributed by atoms with E-state index in [-0.39, 0.29) is 6.04 Å². The number of aromatic nitrogens is 2. The van der Waals surface area contributed by atoms with E-state index in [0.29, 0.717) is 0 Å². The van der Waals surface area contributed by atoms with Gasteiger partial charge in [0.25, 0.3) is 0 Å². The first-order chi connectivity index (χ1) is 12.4. The summed E-state index contributed by atoms with van der Waals surface area (Å²) in [5.41, 5.74) is 3.85. The van der Waals surface area contributed by atoms with Gasteiger partial charge in [-0.3, -0.25) is 15.0 Å². The zero-order chi connectivity index (χ0) is 16.9. The number of pyridine rings is 2. The Morgan fingerprint density at radius 3 is 2.40 bits per heavy atom. The molecule has 0 bridgehead atoms. The first kappa shape index (κ1) is 15.2. The lowest BCUT2D eigenvalue weighted by molar-refractivity contribution is 0.841. The van der Waals surface area contributed by atoms with Crippen LogP contribution in [0.1, 0.15) is 23.0 Å². The van der Waals surface area contributed by atoms with E-state index in [4.69, 9.17) is 9.98 Å². The molecule has 0 saturated heterocycles. The molecule has 0 saturated carbocycles. The minimum absolute atomic E-state index is 0.159. The molecule has 1 unspecified atom stereocenters. The van der Waals surface area contributed by atoms with Crippen molar-refractivity contribution < 1.29 is 0 Å². The summed E-state index contributed by atoms with van der Waals surface area (Å²) in [6.45, 7) is 0. The topological polar surface area (TPSA) is 38.1 Å². The van der Waals surface area contributed by atoms with Crippen LogP contribution < -0.4 is 0 Å². The summed E-state index contributed by atoms with van der Waals surface area (Å²) in [6, 6.07) is 28.2. The van der Waals surface area contributed by atoms with E-state index in [0.717, 1.165) is 27.9 Å². The number of hydrogen-bond donors (Lipinski definition) is 0. The largest absolute Gasteiger partial charge is 0.276 e. The van der Waals surface area contributed by atoms with E-state index in [9.17, 15) is 0 Å². The molecule has 0 aliphatic carbocycles. The van der Waals surface area contributed by atoms with Crippen molar-refractivity contribution in [2.24, 2.45) is 4.99 Å². The Morgan fingerprint density at radius 1 is 0.760 bits per heavy atom. The molecule has 0 radical (unpaired) electrons.